The Kier molecular flexibility index (Phi) is 5.79. The average Bonchev–Trinajstić information content (AvgIpc) is 2.02. The maximum atomic E-state index is 11.5. The minimum Gasteiger partial charge on any atom is -0.354 e. The van der Waals surface area contributed by atoms with E-state index in [4.69, 9.17) is 15.2 Å². The molecule has 0 spiro atoms. The molecule has 0 rings (SSSR count). The molecule has 0 bridgehead atoms. The average molecular weight is 218 g/mol. The largest absolute Gasteiger partial charge is 0.354 e. The van der Waals surface area contributed by atoms with Crippen molar-refractivity contribution in [2.45, 2.75) is 45.1 Å². The predicted octanol–water partition coefficient (Wildman–Crippen LogP) is 0.237. The molecular weight excluding hydrogens is 196 g/mol. The van der Waals surface area contributed by atoms with Crippen molar-refractivity contribution < 1.29 is 14.3 Å². The summed E-state index contributed by atoms with van der Waals surface area (Å²) in [6.45, 7) is 5.43. The van der Waals surface area contributed by atoms with Crippen molar-refractivity contribution in [3.8, 4) is 0 Å². The number of rotatable bonds is 6. The van der Waals surface area contributed by atoms with Crippen LogP contribution in [0, 0.1) is 0 Å². The molecule has 0 heterocycles. The lowest BCUT2D eigenvalue weighted by atomic mass is 10.0. The van der Waals surface area contributed by atoms with Crippen molar-refractivity contribution in [3.63, 3.8) is 0 Å². The number of hydrogen-bond donors (Lipinski definition) is 2. The van der Waals surface area contributed by atoms with Gasteiger partial charge in [0.25, 0.3) is 0 Å². The normalized spacial score (nSPS) is 14.1. The predicted molar refractivity (Wildman–Crippen MR) is 58.3 cm³/mol. The van der Waals surface area contributed by atoms with E-state index in [1.54, 1.807) is 13.8 Å². The fourth-order valence-electron chi connectivity index (χ4n) is 1.29. The Labute approximate surface area is 91.3 Å². The van der Waals surface area contributed by atoms with Crippen LogP contribution in [-0.2, 0) is 14.3 Å². The van der Waals surface area contributed by atoms with Gasteiger partial charge < -0.3 is 20.5 Å². The van der Waals surface area contributed by atoms with Gasteiger partial charge in [0.1, 0.15) is 0 Å². The Morgan fingerprint density at radius 1 is 1.40 bits per heavy atom. The Bertz CT molecular complexity index is 197. The van der Waals surface area contributed by atoms with Gasteiger partial charge in [0.05, 0.1) is 6.04 Å². The molecule has 1 amide bonds. The van der Waals surface area contributed by atoms with Gasteiger partial charge in [0.2, 0.25) is 5.91 Å². The molecule has 0 saturated heterocycles. The molecule has 0 aliphatic heterocycles. The van der Waals surface area contributed by atoms with E-state index in [1.807, 2.05) is 6.92 Å². The van der Waals surface area contributed by atoms with E-state index in [0.29, 0.717) is 0 Å². The maximum Gasteiger partial charge on any atom is 0.222 e. The van der Waals surface area contributed by atoms with Crippen molar-refractivity contribution in [3.05, 3.63) is 0 Å². The standard InChI is InChI=1S/C10H22N2O3/c1-7(9(14-4)15-5)12-8(13)6-10(2,3)11/h7,9H,6,11H2,1-5H3,(H,12,13). The molecule has 3 N–H and O–H groups in total. The number of nitrogens with one attached hydrogen (secondary N) is 1. The van der Waals surface area contributed by atoms with Crippen LogP contribution in [-0.4, -0.2) is 38.0 Å². The van der Waals surface area contributed by atoms with E-state index in [0.717, 1.165) is 0 Å². The molecule has 5 heteroatoms. The molecule has 15 heavy (non-hydrogen) atoms. The van der Waals surface area contributed by atoms with Gasteiger partial charge in [0.15, 0.2) is 6.29 Å². The first kappa shape index (κ1) is 14.3. The zero-order chi connectivity index (χ0) is 12.1. The molecule has 5 nitrogen and oxygen atoms in total. The van der Waals surface area contributed by atoms with Crippen molar-refractivity contribution in [1.82, 2.24) is 5.32 Å². The number of carbonyl (C=O) groups is 1. The molecule has 0 aliphatic carbocycles. The third-order valence-corrected chi connectivity index (χ3v) is 1.88. The maximum absolute atomic E-state index is 11.5. The van der Waals surface area contributed by atoms with Crippen LogP contribution in [0.4, 0.5) is 0 Å². The first-order chi connectivity index (χ1) is 6.80. The summed E-state index contributed by atoms with van der Waals surface area (Å²) in [7, 11) is 3.06. The summed E-state index contributed by atoms with van der Waals surface area (Å²) < 4.78 is 10.0. The molecule has 0 aromatic heterocycles. The van der Waals surface area contributed by atoms with Gasteiger partial charge in [-0.2, -0.15) is 0 Å². The first-order valence-electron chi connectivity index (χ1n) is 4.94. The molecule has 0 aromatic carbocycles. The van der Waals surface area contributed by atoms with Gasteiger partial charge in [-0.1, -0.05) is 0 Å². The van der Waals surface area contributed by atoms with Crippen molar-refractivity contribution in [1.29, 1.82) is 0 Å². The SMILES string of the molecule is COC(OC)C(C)NC(=O)CC(C)(C)N. The van der Waals surface area contributed by atoms with Gasteiger partial charge in [-0.25, -0.2) is 0 Å². The summed E-state index contributed by atoms with van der Waals surface area (Å²) in [6.07, 6.45) is -0.160. The van der Waals surface area contributed by atoms with Crippen LogP contribution in [0.1, 0.15) is 27.2 Å². The Morgan fingerprint density at radius 2 is 1.87 bits per heavy atom. The summed E-state index contributed by atoms with van der Waals surface area (Å²) in [6, 6.07) is -0.199. The minimum atomic E-state index is -0.501. The second-order valence-electron chi connectivity index (χ2n) is 4.36. The molecule has 0 aliphatic rings. The summed E-state index contributed by atoms with van der Waals surface area (Å²) in [5.74, 6) is -0.103. The summed E-state index contributed by atoms with van der Waals surface area (Å²) >= 11 is 0. The van der Waals surface area contributed by atoms with E-state index in [1.165, 1.54) is 14.2 Å². The number of methoxy groups -OCH3 is 2. The second-order valence-corrected chi connectivity index (χ2v) is 4.36. The quantitative estimate of drug-likeness (QED) is 0.626. The molecule has 90 valence electrons. The number of nitrogens with two attached hydrogens (primary N) is 1. The first-order valence-corrected chi connectivity index (χ1v) is 4.94. The zero-order valence-corrected chi connectivity index (χ0v) is 10.2. The van der Waals surface area contributed by atoms with E-state index in [2.05, 4.69) is 5.32 Å². The smallest absolute Gasteiger partial charge is 0.222 e. The summed E-state index contributed by atoms with van der Waals surface area (Å²) in [4.78, 5) is 11.5. The molecule has 0 aromatic rings. The number of amides is 1. The molecule has 0 saturated carbocycles. The van der Waals surface area contributed by atoms with Gasteiger partial charge in [-0.3, -0.25) is 4.79 Å². The van der Waals surface area contributed by atoms with Crippen LogP contribution in [0.2, 0.25) is 0 Å². The van der Waals surface area contributed by atoms with E-state index < -0.39 is 11.8 Å². The third-order valence-electron chi connectivity index (χ3n) is 1.88. The Hall–Kier alpha value is -0.650. The van der Waals surface area contributed by atoms with Crippen LogP contribution in [0.25, 0.3) is 0 Å². The lowest BCUT2D eigenvalue weighted by Gasteiger charge is -2.24. The van der Waals surface area contributed by atoms with E-state index in [9.17, 15) is 4.79 Å². The molecule has 0 radical (unpaired) electrons. The minimum absolute atomic E-state index is 0.103. The van der Waals surface area contributed by atoms with Crippen LogP contribution in [0.3, 0.4) is 0 Å². The fourth-order valence-corrected chi connectivity index (χ4v) is 1.29. The van der Waals surface area contributed by atoms with Gasteiger partial charge in [-0.05, 0) is 20.8 Å². The van der Waals surface area contributed by atoms with Crippen molar-refractivity contribution >= 4 is 5.91 Å². The lowest BCUT2D eigenvalue weighted by Crippen LogP contribution is -2.46. The topological polar surface area (TPSA) is 73.6 Å². The summed E-state index contributed by atoms with van der Waals surface area (Å²) in [5.41, 5.74) is 5.23. The van der Waals surface area contributed by atoms with Crippen molar-refractivity contribution in [2.24, 2.45) is 5.73 Å². The van der Waals surface area contributed by atoms with Crippen LogP contribution >= 0.6 is 0 Å². The van der Waals surface area contributed by atoms with Gasteiger partial charge in [0, 0.05) is 26.2 Å². The second kappa shape index (κ2) is 6.05. The number of hydrogen-bond acceptors (Lipinski definition) is 4. The highest BCUT2D eigenvalue weighted by Gasteiger charge is 2.21. The van der Waals surface area contributed by atoms with E-state index >= 15 is 0 Å². The van der Waals surface area contributed by atoms with Crippen molar-refractivity contribution in [2.75, 3.05) is 14.2 Å². The monoisotopic (exact) mass is 218 g/mol. The molecule has 0 fully saturated rings. The van der Waals surface area contributed by atoms with E-state index in [-0.39, 0.29) is 18.4 Å². The highest BCUT2D eigenvalue weighted by Crippen LogP contribution is 2.05. The molecule has 1 unspecified atom stereocenters. The van der Waals surface area contributed by atoms with Crippen LogP contribution in [0.15, 0.2) is 0 Å². The van der Waals surface area contributed by atoms with Crippen LogP contribution < -0.4 is 11.1 Å². The Balaban J connectivity index is 4.06. The third kappa shape index (κ3) is 6.43. The summed E-state index contributed by atoms with van der Waals surface area (Å²) in [5, 5.41) is 2.77. The molecular formula is C10H22N2O3. The van der Waals surface area contributed by atoms with Gasteiger partial charge in [-0.15, -0.1) is 0 Å². The number of ether oxygens (including phenoxy) is 2. The van der Waals surface area contributed by atoms with Gasteiger partial charge >= 0.3 is 0 Å². The highest BCUT2D eigenvalue weighted by molar-refractivity contribution is 5.77. The van der Waals surface area contributed by atoms with Crippen LogP contribution in [0.5, 0.6) is 0 Å². The fraction of sp³-hybridized carbons (Fsp3) is 0.900. The lowest BCUT2D eigenvalue weighted by molar-refractivity contribution is -0.136. The molecule has 1 atom stereocenters. The highest BCUT2D eigenvalue weighted by atomic mass is 16.7. The zero-order valence-electron chi connectivity index (χ0n) is 10.2. The number of carbonyl (C=O) groups excluding carboxylic acids is 1. The Morgan fingerprint density at radius 3 is 2.20 bits per heavy atom.